The summed E-state index contributed by atoms with van der Waals surface area (Å²) in [6, 6.07) is 5.47. The number of benzene rings is 1. The van der Waals surface area contributed by atoms with Crippen LogP contribution in [0.1, 0.15) is 53.7 Å². The number of pyridine rings is 1. The number of nitrogens with zero attached hydrogens (tertiary/aromatic N) is 3. The first-order chi connectivity index (χ1) is 16.4. The van der Waals surface area contributed by atoms with Crippen molar-refractivity contribution in [2.45, 2.75) is 44.8 Å². The van der Waals surface area contributed by atoms with E-state index >= 15 is 4.39 Å². The zero-order chi connectivity index (χ0) is 24.0. The van der Waals surface area contributed by atoms with E-state index in [2.05, 4.69) is 15.2 Å². The summed E-state index contributed by atoms with van der Waals surface area (Å²) in [5.41, 5.74) is 2.28. The number of amides is 3. The summed E-state index contributed by atoms with van der Waals surface area (Å²) in [7, 11) is 0. The number of aliphatic hydroxyl groups excluding tert-OH is 1. The van der Waals surface area contributed by atoms with Gasteiger partial charge in [-0.2, -0.15) is 0 Å². The van der Waals surface area contributed by atoms with Crippen molar-refractivity contribution in [2.75, 3.05) is 19.7 Å². The van der Waals surface area contributed by atoms with Crippen LogP contribution in [0, 0.1) is 11.7 Å². The molecule has 8 nitrogen and oxygen atoms in total. The molecule has 34 heavy (non-hydrogen) atoms. The molecule has 0 radical (unpaired) electrons. The molecule has 0 spiro atoms. The maximum atomic E-state index is 15.8. The molecule has 4 heterocycles. The quantitative estimate of drug-likeness (QED) is 0.654. The third kappa shape index (κ3) is 3.88. The van der Waals surface area contributed by atoms with Crippen molar-refractivity contribution in [1.82, 2.24) is 20.1 Å². The maximum absolute atomic E-state index is 15.8. The summed E-state index contributed by atoms with van der Waals surface area (Å²) in [4.78, 5) is 45.0. The number of aromatic nitrogens is 1. The minimum Gasteiger partial charge on any atom is -0.396 e. The Hall–Kier alpha value is -3.17. The Labute approximate surface area is 196 Å². The van der Waals surface area contributed by atoms with E-state index in [1.165, 1.54) is 4.90 Å². The lowest BCUT2D eigenvalue weighted by Gasteiger charge is -2.32. The largest absolute Gasteiger partial charge is 0.396 e. The molecule has 2 saturated heterocycles. The molecule has 0 bridgehead atoms. The van der Waals surface area contributed by atoms with Gasteiger partial charge in [-0.15, -0.1) is 0 Å². The van der Waals surface area contributed by atoms with Crippen molar-refractivity contribution < 1.29 is 23.9 Å². The van der Waals surface area contributed by atoms with Crippen LogP contribution in [-0.2, 0) is 16.1 Å². The van der Waals surface area contributed by atoms with Crippen LogP contribution in [0.3, 0.4) is 0 Å². The molecule has 2 fully saturated rings. The Kier molecular flexibility index (Phi) is 5.91. The molecule has 1 aromatic carbocycles. The molecule has 0 aliphatic carbocycles. The molecular formula is C25H27FN4O4. The van der Waals surface area contributed by atoms with Gasteiger partial charge in [0.05, 0.1) is 11.7 Å². The van der Waals surface area contributed by atoms with Crippen molar-refractivity contribution in [1.29, 1.82) is 0 Å². The Morgan fingerprint density at radius 3 is 2.71 bits per heavy atom. The Balaban J connectivity index is 1.42. The monoisotopic (exact) mass is 466 g/mol. The fourth-order valence-corrected chi connectivity index (χ4v) is 5.38. The van der Waals surface area contributed by atoms with Gasteiger partial charge in [-0.3, -0.25) is 29.6 Å². The third-order valence-electron chi connectivity index (χ3n) is 7.16. The summed E-state index contributed by atoms with van der Waals surface area (Å²) in [5, 5.41) is 11.7. The minimum absolute atomic E-state index is 0.143. The molecule has 9 heteroatoms. The van der Waals surface area contributed by atoms with E-state index < -0.39 is 29.7 Å². The van der Waals surface area contributed by atoms with E-state index in [0.29, 0.717) is 23.7 Å². The first-order valence-electron chi connectivity index (χ1n) is 11.6. The van der Waals surface area contributed by atoms with Crippen LogP contribution in [0.2, 0.25) is 0 Å². The van der Waals surface area contributed by atoms with Crippen LogP contribution in [-0.4, -0.2) is 63.4 Å². The van der Waals surface area contributed by atoms with E-state index in [0.717, 1.165) is 25.1 Å². The van der Waals surface area contributed by atoms with E-state index in [1.807, 2.05) is 12.1 Å². The van der Waals surface area contributed by atoms with Crippen LogP contribution in [0.15, 0.2) is 30.5 Å². The van der Waals surface area contributed by atoms with Crippen LogP contribution < -0.4 is 5.32 Å². The predicted octanol–water partition coefficient (Wildman–Crippen LogP) is 2.02. The number of likely N-dealkylation sites (tertiary alicyclic amines) is 1. The number of hydrogen-bond acceptors (Lipinski definition) is 6. The molecule has 2 N–H and O–H groups in total. The highest BCUT2D eigenvalue weighted by molar-refractivity contribution is 6.06. The Morgan fingerprint density at radius 1 is 1.18 bits per heavy atom. The molecule has 0 saturated carbocycles. The average Bonchev–Trinajstić information content (AvgIpc) is 3.37. The molecule has 178 valence electrons. The highest BCUT2D eigenvalue weighted by Crippen LogP contribution is 2.40. The number of piperidine rings is 1. The van der Waals surface area contributed by atoms with Gasteiger partial charge in [0.25, 0.3) is 5.91 Å². The van der Waals surface area contributed by atoms with Gasteiger partial charge < -0.3 is 10.0 Å². The number of aliphatic hydroxyl groups is 1. The second-order valence-electron chi connectivity index (χ2n) is 9.37. The lowest BCUT2D eigenvalue weighted by atomic mass is 9.98. The first-order valence-corrected chi connectivity index (χ1v) is 11.6. The van der Waals surface area contributed by atoms with Gasteiger partial charge in [0.2, 0.25) is 11.8 Å². The van der Waals surface area contributed by atoms with Gasteiger partial charge in [0.15, 0.2) is 0 Å². The van der Waals surface area contributed by atoms with Crippen LogP contribution >= 0.6 is 0 Å². The van der Waals surface area contributed by atoms with Crippen LogP contribution in [0.25, 0.3) is 11.3 Å². The molecule has 3 atom stereocenters. The number of halogens is 1. The zero-order valence-electron chi connectivity index (χ0n) is 19.0. The average molecular weight is 467 g/mol. The van der Waals surface area contributed by atoms with E-state index in [9.17, 15) is 19.5 Å². The predicted molar refractivity (Wildman–Crippen MR) is 121 cm³/mol. The summed E-state index contributed by atoms with van der Waals surface area (Å²) in [5.74, 6) is -1.51. The molecule has 3 aliphatic rings. The van der Waals surface area contributed by atoms with Gasteiger partial charge in [-0.05, 0) is 62.1 Å². The van der Waals surface area contributed by atoms with E-state index in [4.69, 9.17) is 0 Å². The molecule has 2 aromatic rings. The maximum Gasteiger partial charge on any atom is 0.255 e. The van der Waals surface area contributed by atoms with Crippen molar-refractivity contribution in [3.05, 3.63) is 53.0 Å². The molecule has 5 rings (SSSR count). The number of hydrogen-bond donors (Lipinski definition) is 2. The normalized spacial score (nSPS) is 25.1. The fourth-order valence-electron chi connectivity index (χ4n) is 5.38. The highest BCUT2D eigenvalue weighted by Gasteiger charge is 2.44. The summed E-state index contributed by atoms with van der Waals surface area (Å²) >= 11 is 0. The second-order valence-corrected chi connectivity index (χ2v) is 9.37. The lowest BCUT2D eigenvalue weighted by molar-refractivity contribution is -0.137. The van der Waals surface area contributed by atoms with Crippen molar-refractivity contribution in [3.8, 4) is 11.3 Å². The van der Waals surface area contributed by atoms with Crippen molar-refractivity contribution in [3.63, 3.8) is 0 Å². The number of rotatable bonds is 5. The Morgan fingerprint density at radius 2 is 1.97 bits per heavy atom. The van der Waals surface area contributed by atoms with Crippen molar-refractivity contribution in [2.24, 2.45) is 5.92 Å². The molecule has 3 amide bonds. The number of fused-ring (bicyclic) bond motifs is 1. The van der Waals surface area contributed by atoms with Gasteiger partial charge >= 0.3 is 0 Å². The number of carbonyl (C=O) groups excluding carboxylic acids is 3. The van der Waals surface area contributed by atoms with Crippen LogP contribution in [0.5, 0.6) is 0 Å². The summed E-state index contributed by atoms with van der Waals surface area (Å²) in [6.07, 6.45) is 2.98. The molecule has 0 unspecified atom stereocenters. The molecule has 1 aromatic heterocycles. The van der Waals surface area contributed by atoms with Gasteiger partial charge in [-0.25, -0.2) is 4.39 Å². The van der Waals surface area contributed by atoms with Crippen molar-refractivity contribution >= 4 is 17.7 Å². The first kappa shape index (κ1) is 22.6. The number of nitrogens with one attached hydrogen (secondary N) is 1. The Bertz CT molecular complexity index is 1170. The fraction of sp³-hybridized carbons (Fsp3) is 0.440. The minimum atomic E-state index is -0.805. The summed E-state index contributed by atoms with van der Waals surface area (Å²) < 4.78 is 15.8. The topological polar surface area (TPSA) is 103 Å². The van der Waals surface area contributed by atoms with Gasteiger partial charge in [-0.1, -0.05) is 0 Å². The third-order valence-corrected chi connectivity index (χ3v) is 7.16. The van der Waals surface area contributed by atoms with E-state index in [1.54, 1.807) is 25.3 Å². The van der Waals surface area contributed by atoms with E-state index in [-0.39, 0.29) is 36.5 Å². The lowest BCUT2D eigenvalue weighted by Crippen LogP contribution is -2.53. The van der Waals surface area contributed by atoms with Gasteiger partial charge in [0, 0.05) is 49.0 Å². The number of imide groups is 1. The molecular weight excluding hydrogens is 439 g/mol. The number of carbonyl (C=O) groups is 3. The smallest absolute Gasteiger partial charge is 0.255 e. The van der Waals surface area contributed by atoms with Crippen LogP contribution in [0.4, 0.5) is 4.39 Å². The standard InChI is InChI=1S/C25H27FN4O4/c1-14-22-18(25(34)30(14)20-4-5-21(32)28-24(20)33)3-2-17(23(22)26)19-10-15(6-8-27-19)11-29-9-7-16(12-29)13-31/h2-3,6,8,10,14,16,20,31H,4-5,7,9,11-13H2,1H3,(H,28,32,33)/t14-,16+,20+/m1/s1. The summed E-state index contributed by atoms with van der Waals surface area (Å²) in [6.45, 7) is 4.32. The molecule has 3 aliphatic heterocycles. The van der Waals surface area contributed by atoms with Gasteiger partial charge in [0.1, 0.15) is 11.9 Å². The highest BCUT2D eigenvalue weighted by atomic mass is 19.1. The second kappa shape index (κ2) is 8.88. The zero-order valence-corrected chi connectivity index (χ0v) is 19.0. The SMILES string of the molecule is C[C@@H]1c2c(ccc(-c3cc(CN4CC[C@H](CO)C4)ccn3)c2F)C(=O)N1[C@H]1CCC(=O)NC1=O.